The largest absolute Gasteiger partial charge is 1.00 e. The lowest BCUT2D eigenvalue weighted by molar-refractivity contribution is -0.870. The van der Waals surface area contributed by atoms with Crippen LogP contribution in [0.2, 0.25) is 0 Å². The number of aromatic hydroxyl groups is 1. The predicted molar refractivity (Wildman–Crippen MR) is 54.7 cm³/mol. The van der Waals surface area contributed by atoms with Gasteiger partial charge in [-0.05, 0) is 17.7 Å². The zero-order valence-electron chi connectivity index (χ0n) is 9.00. The van der Waals surface area contributed by atoms with E-state index in [1.54, 1.807) is 6.07 Å². The molecule has 0 saturated carbocycles. The van der Waals surface area contributed by atoms with Gasteiger partial charge in [0.25, 0.3) is 0 Å². The standard InChI is InChI=1S/C11H17NO.ClH/c1-12(2,3)8-7-10-5-4-6-11(13)9-10;/h4-6,9H,7-8H2,1-3H3;1H. The van der Waals surface area contributed by atoms with E-state index in [-0.39, 0.29) is 12.4 Å². The summed E-state index contributed by atoms with van der Waals surface area (Å²) in [5.41, 5.74) is 1.20. The minimum atomic E-state index is 0. The first kappa shape index (κ1) is 13.3. The van der Waals surface area contributed by atoms with Crippen molar-refractivity contribution in [3.63, 3.8) is 0 Å². The average molecular weight is 216 g/mol. The van der Waals surface area contributed by atoms with Crippen molar-refractivity contribution in [2.75, 3.05) is 27.7 Å². The summed E-state index contributed by atoms with van der Waals surface area (Å²) in [7, 11) is 6.51. The Morgan fingerprint density at radius 2 is 1.86 bits per heavy atom. The van der Waals surface area contributed by atoms with Gasteiger partial charge in [0.15, 0.2) is 0 Å². The van der Waals surface area contributed by atoms with Crippen LogP contribution < -0.4 is 12.4 Å². The number of hydrogen-bond donors (Lipinski definition) is 1. The van der Waals surface area contributed by atoms with Crippen LogP contribution in [0, 0.1) is 0 Å². The van der Waals surface area contributed by atoms with Gasteiger partial charge in [-0.15, -0.1) is 0 Å². The quantitative estimate of drug-likeness (QED) is 0.618. The summed E-state index contributed by atoms with van der Waals surface area (Å²) in [6.45, 7) is 1.09. The summed E-state index contributed by atoms with van der Waals surface area (Å²) in [5, 5.41) is 9.24. The zero-order chi connectivity index (χ0) is 9.90. The van der Waals surface area contributed by atoms with Gasteiger partial charge in [-0.25, -0.2) is 0 Å². The Kier molecular flexibility index (Phi) is 4.95. The number of halogens is 1. The molecule has 2 nitrogen and oxygen atoms in total. The number of phenols is 1. The van der Waals surface area contributed by atoms with Gasteiger partial charge in [-0.1, -0.05) is 12.1 Å². The monoisotopic (exact) mass is 215 g/mol. The van der Waals surface area contributed by atoms with Crippen molar-refractivity contribution in [3.8, 4) is 5.75 Å². The molecule has 0 saturated heterocycles. The molecule has 1 aromatic rings. The fraction of sp³-hybridized carbons (Fsp3) is 0.455. The first-order valence-corrected chi connectivity index (χ1v) is 4.56. The highest BCUT2D eigenvalue weighted by Gasteiger charge is 2.06. The minimum absolute atomic E-state index is 0. The Balaban J connectivity index is 0.00000169. The van der Waals surface area contributed by atoms with Crippen LogP contribution in [0.3, 0.4) is 0 Å². The van der Waals surface area contributed by atoms with Crippen LogP contribution in [0.4, 0.5) is 0 Å². The van der Waals surface area contributed by atoms with Gasteiger partial charge in [-0.3, -0.25) is 0 Å². The van der Waals surface area contributed by atoms with E-state index in [2.05, 4.69) is 27.2 Å². The number of nitrogens with zero attached hydrogens (tertiary/aromatic N) is 1. The van der Waals surface area contributed by atoms with Crippen LogP contribution >= 0.6 is 0 Å². The third-order valence-electron chi connectivity index (χ3n) is 1.98. The van der Waals surface area contributed by atoms with Crippen molar-refractivity contribution in [2.24, 2.45) is 0 Å². The SMILES string of the molecule is C[N+](C)(C)CCc1cccc(O)c1.[Cl-]. The maximum Gasteiger partial charge on any atom is 0.115 e. The van der Waals surface area contributed by atoms with Gasteiger partial charge in [0.05, 0.1) is 27.7 Å². The molecule has 0 radical (unpaired) electrons. The molecule has 0 aliphatic carbocycles. The summed E-state index contributed by atoms with van der Waals surface area (Å²) in [6.07, 6.45) is 1.01. The van der Waals surface area contributed by atoms with E-state index in [4.69, 9.17) is 0 Å². The fourth-order valence-corrected chi connectivity index (χ4v) is 1.18. The molecule has 0 amide bonds. The van der Waals surface area contributed by atoms with Crippen LogP contribution in [-0.2, 0) is 6.42 Å². The van der Waals surface area contributed by atoms with Crippen LogP contribution in [0.25, 0.3) is 0 Å². The molecule has 0 atom stereocenters. The summed E-state index contributed by atoms with van der Waals surface area (Å²) in [5.74, 6) is 0.360. The van der Waals surface area contributed by atoms with E-state index in [0.717, 1.165) is 17.4 Å². The lowest BCUT2D eigenvalue weighted by Crippen LogP contribution is -3.00. The Bertz CT molecular complexity index is 281. The highest BCUT2D eigenvalue weighted by atomic mass is 35.5. The molecule has 0 spiro atoms. The van der Waals surface area contributed by atoms with E-state index < -0.39 is 0 Å². The number of phenolic OH excluding ortho intramolecular Hbond substituents is 1. The number of quaternary nitrogens is 1. The molecule has 80 valence electrons. The predicted octanol–water partition coefficient (Wildman–Crippen LogP) is -1.36. The molecule has 0 aromatic heterocycles. The van der Waals surface area contributed by atoms with Gasteiger partial charge in [0, 0.05) is 6.42 Å². The summed E-state index contributed by atoms with van der Waals surface area (Å²) in [4.78, 5) is 0. The maximum absolute atomic E-state index is 9.24. The average Bonchev–Trinajstić information content (AvgIpc) is 2.00. The third kappa shape index (κ3) is 5.10. The number of benzene rings is 1. The molecule has 1 rings (SSSR count). The Morgan fingerprint density at radius 1 is 1.21 bits per heavy atom. The molecule has 0 unspecified atom stereocenters. The second-order valence-corrected chi connectivity index (χ2v) is 4.43. The fourth-order valence-electron chi connectivity index (χ4n) is 1.18. The van der Waals surface area contributed by atoms with Crippen molar-refractivity contribution in [3.05, 3.63) is 29.8 Å². The molecular formula is C11H18ClNO. The molecule has 14 heavy (non-hydrogen) atoms. The third-order valence-corrected chi connectivity index (χ3v) is 1.98. The van der Waals surface area contributed by atoms with E-state index in [1.165, 1.54) is 5.56 Å². The van der Waals surface area contributed by atoms with Crippen LogP contribution in [0.5, 0.6) is 5.75 Å². The van der Waals surface area contributed by atoms with E-state index >= 15 is 0 Å². The highest BCUT2D eigenvalue weighted by molar-refractivity contribution is 5.27. The van der Waals surface area contributed by atoms with E-state index in [9.17, 15) is 5.11 Å². The molecule has 1 N–H and O–H groups in total. The lowest BCUT2D eigenvalue weighted by atomic mass is 10.1. The van der Waals surface area contributed by atoms with Crippen molar-refractivity contribution in [2.45, 2.75) is 6.42 Å². The van der Waals surface area contributed by atoms with Crippen molar-refractivity contribution >= 4 is 0 Å². The first-order chi connectivity index (χ1) is 5.97. The van der Waals surface area contributed by atoms with Crippen LogP contribution in [-0.4, -0.2) is 37.3 Å². The highest BCUT2D eigenvalue weighted by Crippen LogP contribution is 2.11. The smallest absolute Gasteiger partial charge is 0.115 e. The molecule has 0 aliphatic heterocycles. The van der Waals surface area contributed by atoms with Gasteiger partial charge in [0.2, 0.25) is 0 Å². The molecule has 0 aliphatic rings. The van der Waals surface area contributed by atoms with Crippen LogP contribution in [0.1, 0.15) is 5.56 Å². The summed E-state index contributed by atoms with van der Waals surface area (Å²) < 4.78 is 0.954. The minimum Gasteiger partial charge on any atom is -1.00 e. The van der Waals surface area contributed by atoms with E-state index in [1.807, 2.05) is 12.1 Å². The molecule has 0 bridgehead atoms. The van der Waals surface area contributed by atoms with Crippen molar-refractivity contribution in [1.29, 1.82) is 0 Å². The van der Waals surface area contributed by atoms with Crippen LogP contribution in [0.15, 0.2) is 24.3 Å². The second-order valence-electron chi connectivity index (χ2n) is 4.43. The number of likely N-dealkylation sites (N-methyl/N-ethyl adjacent to an activating group) is 1. The van der Waals surface area contributed by atoms with E-state index in [0.29, 0.717) is 5.75 Å². The Hall–Kier alpha value is -0.730. The van der Waals surface area contributed by atoms with Crippen molar-refractivity contribution in [1.82, 2.24) is 0 Å². The molecule has 1 aromatic carbocycles. The molecule has 3 heteroatoms. The molecular weight excluding hydrogens is 198 g/mol. The van der Waals surface area contributed by atoms with Gasteiger partial charge in [-0.2, -0.15) is 0 Å². The summed E-state index contributed by atoms with van der Waals surface area (Å²) in [6, 6.07) is 7.47. The molecule has 0 heterocycles. The number of hydrogen-bond acceptors (Lipinski definition) is 1. The van der Waals surface area contributed by atoms with Gasteiger partial charge < -0.3 is 22.0 Å². The van der Waals surface area contributed by atoms with Gasteiger partial charge >= 0.3 is 0 Å². The van der Waals surface area contributed by atoms with Gasteiger partial charge in [0.1, 0.15) is 5.75 Å². The maximum atomic E-state index is 9.24. The Morgan fingerprint density at radius 3 is 2.36 bits per heavy atom. The lowest BCUT2D eigenvalue weighted by Gasteiger charge is -2.23. The summed E-state index contributed by atoms with van der Waals surface area (Å²) >= 11 is 0. The first-order valence-electron chi connectivity index (χ1n) is 4.56. The second kappa shape index (κ2) is 5.23. The zero-order valence-corrected chi connectivity index (χ0v) is 9.75. The Labute approximate surface area is 92.2 Å². The normalized spacial score (nSPS) is 10.8. The topological polar surface area (TPSA) is 20.2 Å². The molecule has 0 fully saturated rings. The van der Waals surface area contributed by atoms with Crippen molar-refractivity contribution < 1.29 is 22.0 Å². The number of rotatable bonds is 3.